The van der Waals surface area contributed by atoms with Crippen LogP contribution in [0.2, 0.25) is 0 Å². The standard InChI is InChI=1S/C24H26FN5S/c1-2-20-28-23-21(29-31-20)19-8-3-4-11-27-22(19)24(23)30-13-12-26-18(15-30)10-9-16-6-5-7-17(25)14-16/h3-8,11,14,18,26,29H,2,9-10,12-13,15H2,1H3/t18-/m0/s1. The van der Waals surface area contributed by atoms with Crippen molar-refractivity contribution in [3.05, 3.63) is 60.0 Å². The van der Waals surface area contributed by atoms with E-state index in [9.17, 15) is 4.39 Å². The summed E-state index contributed by atoms with van der Waals surface area (Å²) in [6.45, 7) is 4.82. The highest BCUT2D eigenvalue weighted by molar-refractivity contribution is 8.15. The van der Waals surface area contributed by atoms with E-state index in [0.29, 0.717) is 6.04 Å². The van der Waals surface area contributed by atoms with E-state index in [1.165, 1.54) is 6.07 Å². The summed E-state index contributed by atoms with van der Waals surface area (Å²) in [5.41, 5.74) is 6.34. The number of fused-ring (bicyclic) bond motifs is 3. The molecule has 0 amide bonds. The van der Waals surface area contributed by atoms with Crippen molar-refractivity contribution in [2.45, 2.75) is 32.2 Å². The Morgan fingerprint density at radius 2 is 2.16 bits per heavy atom. The molecule has 1 aromatic carbocycles. The molecule has 0 radical (unpaired) electrons. The molecular weight excluding hydrogens is 409 g/mol. The summed E-state index contributed by atoms with van der Waals surface area (Å²) in [6.07, 6.45) is 4.57. The second kappa shape index (κ2) is 8.85. The third kappa shape index (κ3) is 4.12. The molecular formula is C24H26FN5S. The van der Waals surface area contributed by atoms with Gasteiger partial charge in [-0.05, 0) is 43.0 Å². The maximum atomic E-state index is 13.5. The van der Waals surface area contributed by atoms with Gasteiger partial charge >= 0.3 is 0 Å². The lowest BCUT2D eigenvalue weighted by atomic mass is 10.0. The van der Waals surface area contributed by atoms with Gasteiger partial charge in [-0.15, -0.1) is 0 Å². The molecule has 1 atom stereocenters. The monoisotopic (exact) mass is 435 g/mol. The molecule has 0 bridgehead atoms. The van der Waals surface area contributed by atoms with Crippen LogP contribution in [0.4, 0.5) is 21.5 Å². The number of piperazine rings is 1. The minimum absolute atomic E-state index is 0.167. The van der Waals surface area contributed by atoms with Crippen LogP contribution in [0.15, 0.2) is 53.7 Å². The Bertz CT molecular complexity index is 1090. The Kier molecular flexibility index (Phi) is 5.78. The van der Waals surface area contributed by atoms with E-state index in [1.54, 1.807) is 24.1 Å². The number of aryl methyl sites for hydroxylation is 1. The van der Waals surface area contributed by atoms with Gasteiger partial charge in [0.25, 0.3) is 0 Å². The van der Waals surface area contributed by atoms with Crippen molar-refractivity contribution in [3.8, 4) is 11.3 Å². The first-order valence-corrected chi connectivity index (χ1v) is 11.7. The number of halogens is 1. The van der Waals surface area contributed by atoms with E-state index in [2.05, 4.69) is 27.9 Å². The molecule has 1 saturated heterocycles. The number of rotatable bonds is 5. The Hall–Kier alpha value is -2.64. The van der Waals surface area contributed by atoms with Crippen LogP contribution in [0.25, 0.3) is 11.3 Å². The lowest BCUT2D eigenvalue weighted by molar-refractivity contribution is 0.434. The van der Waals surface area contributed by atoms with Gasteiger partial charge in [0.05, 0.1) is 22.1 Å². The molecule has 0 aromatic heterocycles. The second-order valence-corrected chi connectivity index (χ2v) is 8.87. The van der Waals surface area contributed by atoms with Crippen LogP contribution in [0, 0.1) is 5.82 Å². The van der Waals surface area contributed by atoms with Crippen LogP contribution >= 0.6 is 11.9 Å². The number of aromatic nitrogens is 1. The molecule has 0 spiro atoms. The van der Waals surface area contributed by atoms with Gasteiger partial charge in [-0.1, -0.05) is 31.2 Å². The van der Waals surface area contributed by atoms with Crippen molar-refractivity contribution in [3.63, 3.8) is 0 Å². The molecule has 1 aliphatic carbocycles. The first kappa shape index (κ1) is 20.3. The summed E-state index contributed by atoms with van der Waals surface area (Å²) in [6, 6.07) is 13.4. The third-order valence-corrected chi connectivity index (χ3v) is 6.85. The van der Waals surface area contributed by atoms with E-state index in [-0.39, 0.29) is 5.82 Å². The van der Waals surface area contributed by atoms with Crippen molar-refractivity contribution in [1.82, 2.24) is 10.3 Å². The van der Waals surface area contributed by atoms with Crippen molar-refractivity contribution >= 4 is 34.1 Å². The van der Waals surface area contributed by atoms with Gasteiger partial charge in [0, 0.05) is 49.4 Å². The minimum atomic E-state index is -0.167. The van der Waals surface area contributed by atoms with E-state index in [4.69, 9.17) is 9.98 Å². The molecule has 4 aliphatic rings. The average molecular weight is 436 g/mol. The number of aliphatic imine (C=N–C) groups is 1. The third-order valence-electron chi connectivity index (χ3n) is 5.93. The number of benzene rings is 1. The van der Waals surface area contributed by atoms with Crippen molar-refractivity contribution in [2.75, 3.05) is 29.3 Å². The zero-order valence-electron chi connectivity index (χ0n) is 17.6. The maximum absolute atomic E-state index is 13.5. The fraction of sp³-hybridized carbons (Fsp3) is 0.333. The van der Waals surface area contributed by atoms with E-state index >= 15 is 0 Å². The molecule has 0 unspecified atom stereocenters. The lowest BCUT2D eigenvalue weighted by Gasteiger charge is -2.35. The number of hydrogen-bond donors (Lipinski definition) is 2. The second-order valence-electron chi connectivity index (χ2n) is 7.99. The van der Waals surface area contributed by atoms with Crippen LogP contribution in [0.5, 0.6) is 0 Å². The number of nitrogens with zero attached hydrogens (tertiary/aromatic N) is 3. The smallest absolute Gasteiger partial charge is 0.123 e. The molecule has 0 saturated carbocycles. The molecule has 5 rings (SSSR count). The summed E-state index contributed by atoms with van der Waals surface area (Å²) in [7, 11) is 0. The minimum Gasteiger partial charge on any atom is -0.365 e. The van der Waals surface area contributed by atoms with Gasteiger partial charge < -0.3 is 14.9 Å². The van der Waals surface area contributed by atoms with E-state index in [0.717, 1.165) is 77.8 Å². The largest absolute Gasteiger partial charge is 0.365 e. The summed E-state index contributed by atoms with van der Waals surface area (Å²) in [4.78, 5) is 12.2. The molecule has 160 valence electrons. The van der Waals surface area contributed by atoms with Crippen LogP contribution in [0.1, 0.15) is 25.3 Å². The molecule has 3 aliphatic heterocycles. The molecule has 5 nitrogen and oxygen atoms in total. The Labute approximate surface area is 186 Å². The van der Waals surface area contributed by atoms with E-state index in [1.807, 2.05) is 24.4 Å². The zero-order chi connectivity index (χ0) is 21.2. The van der Waals surface area contributed by atoms with Crippen molar-refractivity contribution in [2.24, 2.45) is 4.99 Å². The molecule has 1 fully saturated rings. The molecule has 7 heteroatoms. The normalized spacial score (nSPS) is 18.5. The van der Waals surface area contributed by atoms with Gasteiger partial charge in [-0.2, -0.15) is 0 Å². The zero-order valence-corrected chi connectivity index (χ0v) is 18.4. The molecule has 31 heavy (non-hydrogen) atoms. The fourth-order valence-corrected chi connectivity index (χ4v) is 5.10. The van der Waals surface area contributed by atoms with Crippen LogP contribution in [-0.2, 0) is 6.42 Å². The Balaban J connectivity index is 1.43. The maximum Gasteiger partial charge on any atom is 0.123 e. The summed E-state index contributed by atoms with van der Waals surface area (Å²) in [5.74, 6) is -0.167. The SMILES string of the molecule is CCC1=Nc2c(c3ccccnc-3c2N2CCN[C@@H](CCc3cccc(F)c3)C2)NS1. The topological polar surface area (TPSA) is 52.6 Å². The Morgan fingerprint density at radius 1 is 1.23 bits per heavy atom. The van der Waals surface area contributed by atoms with Gasteiger partial charge in [-0.3, -0.25) is 4.98 Å². The van der Waals surface area contributed by atoms with Crippen LogP contribution < -0.4 is 14.9 Å². The van der Waals surface area contributed by atoms with Crippen molar-refractivity contribution < 1.29 is 4.39 Å². The van der Waals surface area contributed by atoms with Crippen LogP contribution in [-0.4, -0.2) is 35.7 Å². The highest BCUT2D eigenvalue weighted by Gasteiger charge is 2.32. The highest BCUT2D eigenvalue weighted by atomic mass is 32.2. The first-order valence-electron chi connectivity index (χ1n) is 10.9. The fourth-order valence-electron chi connectivity index (χ4n) is 4.39. The quantitative estimate of drug-likeness (QED) is 0.536. The predicted octanol–water partition coefficient (Wildman–Crippen LogP) is 5.25. The highest BCUT2D eigenvalue weighted by Crippen LogP contribution is 2.53. The van der Waals surface area contributed by atoms with Crippen LogP contribution in [0.3, 0.4) is 0 Å². The van der Waals surface area contributed by atoms with E-state index < -0.39 is 0 Å². The molecule has 1 aromatic rings. The first-order chi connectivity index (χ1) is 15.2. The summed E-state index contributed by atoms with van der Waals surface area (Å²) < 4.78 is 17.0. The number of anilines is 2. The van der Waals surface area contributed by atoms with Gasteiger partial charge in [0.15, 0.2) is 0 Å². The summed E-state index contributed by atoms with van der Waals surface area (Å²) in [5, 5.41) is 4.73. The Morgan fingerprint density at radius 3 is 3.03 bits per heavy atom. The predicted molar refractivity (Wildman–Crippen MR) is 128 cm³/mol. The lowest BCUT2D eigenvalue weighted by Crippen LogP contribution is -2.51. The molecule has 2 N–H and O–H groups in total. The number of nitrogens with one attached hydrogen (secondary N) is 2. The van der Waals surface area contributed by atoms with Gasteiger partial charge in [0.2, 0.25) is 0 Å². The summed E-state index contributed by atoms with van der Waals surface area (Å²) >= 11 is 1.60. The molecule has 3 heterocycles. The number of hydrogen-bond acceptors (Lipinski definition) is 6. The van der Waals surface area contributed by atoms with Crippen molar-refractivity contribution in [1.29, 1.82) is 0 Å². The van der Waals surface area contributed by atoms with Gasteiger partial charge in [0.1, 0.15) is 11.5 Å². The average Bonchev–Trinajstić information content (AvgIpc) is 2.92. The van der Waals surface area contributed by atoms with Gasteiger partial charge in [-0.25, -0.2) is 9.38 Å².